The average molecular weight is 322 g/mol. The Hall–Kier alpha value is -2.92. The Labute approximate surface area is 140 Å². The van der Waals surface area contributed by atoms with E-state index in [0.717, 1.165) is 5.56 Å². The van der Waals surface area contributed by atoms with Crippen molar-refractivity contribution in [2.45, 2.75) is 18.2 Å². The summed E-state index contributed by atoms with van der Waals surface area (Å²) in [6.07, 6.45) is 6.57. The molecule has 122 valence electrons. The highest BCUT2D eigenvalue weighted by atomic mass is 16.6. The lowest BCUT2D eigenvalue weighted by molar-refractivity contribution is -0.519. The summed E-state index contributed by atoms with van der Waals surface area (Å²) >= 11 is 0. The molecule has 2 aromatic carbocycles. The summed E-state index contributed by atoms with van der Waals surface area (Å²) in [6, 6.07) is 16.0. The fraction of sp³-hybridized carbons (Fsp3) is 0.158. The maximum atomic E-state index is 11.3. The van der Waals surface area contributed by atoms with Gasteiger partial charge < -0.3 is 10.5 Å². The first kappa shape index (κ1) is 16.0. The number of nitro groups is 1. The minimum atomic E-state index is -1.16. The second-order valence-corrected chi connectivity index (χ2v) is 5.71. The molecule has 0 spiro atoms. The van der Waals surface area contributed by atoms with E-state index in [-0.39, 0.29) is 4.92 Å². The first-order valence-electron chi connectivity index (χ1n) is 7.65. The summed E-state index contributed by atoms with van der Waals surface area (Å²) in [5.41, 5.74) is 6.92. The maximum Gasteiger partial charge on any atom is 0.256 e. The van der Waals surface area contributed by atoms with E-state index in [2.05, 4.69) is 0 Å². The van der Waals surface area contributed by atoms with Crippen molar-refractivity contribution >= 4 is 0 Å². The van der Waals surface area contributed by atoms with Crippen LogP contribution in [0.1, 0.15) is 11.1 Å². The standard InChI is InChI=1S/C19H18N2O3/c20-19(13-5-4-8-18(19)21(22)23)16-9-11-17(12-10-16)24-14-15-6-2-1-3-7-15/h1-13,18H,14,20H2. The van der Waals surface area contributed by atoms with Gasteiger partial charge in [0.1, 0.15) is 17.9 Å². The lowest BCUT2D eigenvalue weighted by Gasteiger charge is -2.29. The minimum Gasteiger partial charge on any atom is -0.489 e. The SMILES string of the molecule is NC1(c2ccc(OCc3ccccc3)cc2)C=CC=CC1[N+](=O)[O-]. The van der Waals surface area contributed by atoms with Crippen molar-refractivity contribution in [3.05, 3.63) is 100 Å². The van der Waals surface area contributed by atoms with Crippen LogP contribution in [0.15, 0.2) is 78.9 Å². The summed E-state index contributed by atoms with van der Waals surface area (Å²) in [5.74, 6) is 0.694. The monoisotopic (exact) mass is 322 g/mol. The van der Waals surface area contributed by atoms with Gasteiger partial charge in [-0.15, -0.1) is 0 Å². The number of nitrogens with zero attached hydrogens (tertiary/aromatic N) is 1. The highest BCUT2D eigenvalue weighted by Crippen LogP contribution is 2.30. The topological polar surface area (TPSA) is 78.4 Å². The number of hydrogen-bond acceptors (Lipinski definition) is 4. The number of rotatable bonds is 5. The molecule has 1 aliphatic rings. The minimum absolute atomic E-state index is 0.361. The quantitative estimate of drug-likeness (QED) is 0.677. The molecule has 0 heterocycles. The number of ether oxygens (including phenoxy) is 1. The van der Waals surface area contributed by atoms with Gasteiger partial charge in [0.15, 0.2) is 0 Å². The van der Waals surface area contributed by atoms with Crippen molar-refractivity contribution < 1.29 is 9.66 Å². The molecule has 2 N–H and O–H groups in total. The summed E-state index contributed by atoms with van der Waals surface area (Å²) in [7, 11) is 0. The lowest BCUT2D eigenvalue weighted by atomic mass is 9.81. The van der Waals surface area contributed by atoms with E-state index in [9.17, 15) is 10.1 Å². The van der Waals surface area contributed by atoms with Crippen LogP contribution < -0.4 is 10.5 Å². The van der Waals surface area contributed by atoms with Crippen molar-refractivity contribution in [3.8, 4) is 5.75 Å². The molecule has 0 saturated heterocycles. The summed E-state index contributed by atoms with van der Waals surface area (Å²) < 4.78 is 5.73. The van der Waals surface area contributed by atoms with Gasteiger partial charge in [0.25, 0.3) is 6.04 Å². The maximum absolute atomic E-state index is 11.3. The molecule has 0 aliphatic heterocycles. The predicted molar refractivity (Wildman–Crippen MR) is 92.1 cm³/mol. The van der Waals surface area contributed by atoms with Crippen LogP contribution in [0.4, 0.5) is 0 Å². The second-order valence-electron chi connectivity index (χ2n) is 5.71. The van der Waals surface area contributed by atoms with Crippen LogP contribution in [0.5, 0.6) is 5.75 Å². The van der Waals surface area contributed by atoms with Crippen molar-refractivity contribution in [1.82, 2.24) is 0 Å². The first-order chi connectivity index (χ1) is 11.6. The van der Waals surface area contributed by atoms with Gasteiger partial charge in [0.05, 0.1) is 0 Å². The Bertz CT molecular complexity index is 769. The van der Waals surface area contributed by atoms with Crippen molar-refractivity contribution in [3.63, 3.8) is 0 Å². The van der Waals surface area contributed by atoms with Gasteiger partial charge in [-0.1, -0.05) is 60.7 Å². The number of allylic oxidation sites excluding steroid dienone is 2. The molecule has 5 heteroatoms. The Balaban J connectivity index is 1.75. The molecule has 2 atom stereocenters. The van der Waals surface area contributed by atoms with Crippen molar-refractivity contribution in [1.29, 1.82) is 0 Å². The third kappa shape index (κ3) is 3.21. The van der Waals surface area contributed by atoms with Gasteiger partial charge in [0, 0.05) is 4.92 Å². The van der Waals surface area contributed by atoms with E-state index in [1.165, 1.54) is 6.08 Å². The molecule has 0 fully saturated rings. The fourth-order valence-corrected chi connectivity index (χ4v) is 2.73. The van der Waals surface area contributed by atoms with Gasteiger partial charge in [-0.25, -0.2) is 0 Å². The highest BCUT2D eigenvalue weighted by Gasteiger charge is 2.42. The van der Waals surface area contributed by atoms with Crippen molar-refractivity contribution in [2.24, 2.45) is 5.73 Å². The van der Waals surface area contributed by atoms with Gasteiger partial charge in [-0.05, 0) is 29.3 Å². The third-order valence-corrected chi connectivity index (χ3v) is 4.10. The van der Waals surface area contributed by atoms with Crippen LogP contribution in [0.3, 0.4) is 0 Å². The fourth-order valence-electron chi connectivity index (χ4n) is 2.73. The van der Waals surface area contributed by atoms with Gasteiger partial charge in [0.2, 0.25) is 0 Å². The van der Waals surface area contributed by atoms with Crippen LogP contribution in [-0.2, 0) is 12.1 Å². The largest absolute Gasteiger partial charge is 0.489 e. The molecule has 0 saturated carbocycles. The van der Waals surface area contributed by atoms with Crippen LogP contribution >= 0.6 is 0 Å². The van der Waals surface area contributed by atoms with E-state index in [0.29, 0.717) is 17.9 Å². The zero-order chi connectivity index (χ0) is 17.0. The molecule has 24 heavy (non-hydrogen) atoms. The predicted octanol–water partition coefficient (Wildman–Crippen LogP) is 3.19. The zero-order valence-electron chi connectivity index (χ0n) is 13.0. The first-order valence-corrected chi connectivity index (χ1v) is 7.65. The molecule has 0 radical (unpaired) electrons. The van der Waals surface area contributed by atoms with Crippen LogP contribution in [0.2, 0.25) is 0 Å². The van der Waals surface area contributed by atoms with Crippen LogP contribution in [-0.4, -0.2) is 11.0 Å². The van der Waals surface area contributed by atoms with Gasteiger partial charge in [-0.2, -0.15) is 0 Å². The van der Waals surface area contributed by atoms with Gasteiger partial charge in [-0.3, -0.25) is 10.1 Å². The molecule has 1 aliphatic carbocycles. The van der Waals surface area contributed by atoms with Crippen LogP contribution in [0, 0.1) is 10.1 Å². The Morgan fingerprint density at radius 1 is 1.08 bits per heavy atom. The van der Waals surface area contributed by atoms with E-state index in [4.69, 9.17) is 10.5 Å². The molecule has 3 rings (SSSR count). The molecule has 0 aromatic heterocycles. The van der Waals surface area contributed by atoms with E-state index in [1.54, 1.807) is 42.5 Å². The Morgan fingerprint density at radius 2 is 1.79 bits per heavy atom. The van der Waals surface area contributed by atoms with Crippen molar-refractivity contribution in [2.75, 3.05) is 0 Å². The number of hydrogen-bond donors (Lipinski definition) is 1. The Morgan fingerprint density at radius 3 is 2.46 bits per heavy atom. The van der Waals surface area contributed by atoms with E-state index < -0.39 is 11.6 Å². The molecule has 2 aromatic rings. The number of benzene rings is 2. The number of nitrogens with two attached hydrogens (primary N) is 1. The molecule has 0 amide bonds. The highest BCUT2D eigenvalue weighted by molar-refractivity contribution is 5.40. The molecular weight excluding hydrogens is 304 g/mol. The molecule has 2 unspecified atom stereocenters. The smallest absolute Gasteiger partial charge is 0.256 e. The summed E-state index contributed by atoms with van der Waals surface area (Å²) in [5, 5.41) is 11.3. The molecular formula is C19H18N2O3. The normalized spacial score (nSPS) is 22.3. The Kier molecular flexibility index (Phi) is 4.44. The lowest BCUT2D eigenvalue weighted by Crippen LogP contribution is -2.50. The third-order valence-electron chi connectivity index (χ3n) is 4.10. The molecule has 5 nitrogen and oxygen atoms in total. The van der Waals surface area contributed by atoms with E-state index >= 15 is 0 Å². The summed E-state index contributed by atoms with van der Waals surface area (Å²) in [4.78, 5) is 10.9. The van der Waals surface area contributed by atoms with Gasteiger partial charge >= 0.3 is 0 Å². The average Bonchev–Trinajstić information content (AvgIpc) is 2.61. The van der Waals surface area contributed by atoms with E-state index in [1.807, 2.05) is 30.3 Å². The second kappa shape index (κ2) is 6.68. The molecule has 0 bridgehead atoms. The zero-order valence-corrected chi connectivity index (χ0v) is 13.0. The van der Waals surface area contributed by atoms with Crippen LogP contribution in [0.25, 0.3) is 0 Å². The summed E-state index contributed by atoms with van der Waals surface area (Å²) in [6.45, 7) is 0.466.